The van der Waals surface area contributed by atoms with Crippen molar-refractivity contribution in [2.75, 3.05) is 78.8 Å². The van der Waals surface area contributed by atoms with Gasteiger partial charge in [-0.3, -0.25) is 9.69 Å². The highest BCUT2D eigenvalue weighted by Gasteiger charge is 2.35. The number of carbonyl (C=O) groups is 1. The number of amides is 1. The van der Waals surface area contributed by atoms with Crippen LogP contribution in [0.25, 0.3) is 0 Å². The summed E-state index contributed by atoms with van der Waals surface area (Å²) in [6.07, 6.45) is 2.09. The third-order valence-electron chi connectivity index (χ3n) is 5.50. The zero-order valence-corrected chi connectivity index (χ0v) is 16.8. The van der Waals surface area contributed by atoms with E-state index >= 15 is 0 Å². The predicted octanol–water partition coefficient (Wildman–Crippen LogP) is -0.886. The molecular weight excluding hydrogens is 372 g/mol. The van der Waals surface area contributed by atoms with Gasteiger partial charge >= 0.3 is 0 Å². The second kappa shape index (κ2) is 10.1. The van der Waals surface area contributed by atoms with E-state index in [0.717, 1.165) is 39.3 Å². The van der Waals surface area contributed by atoms with Crippen LogP contribution in [0.5, 0.6) is 0 Å². The molecule has 156 valence electrons. The minimum absolute atomic E-state index is 0.0559. The third-order valence-corrected chi connectivity index (χ3v) is 7.54. The summed E-state index contributed by atoms with van der Waals surface area (Å²) in [6, 6.07) is 0. The van der Waals surface area contributed by atoms with Crippen molar-refractivity contribution < 1.29 is 22.7 Å². The van der Waals surface area contributed by atoms with Gasteiger partial charge in [0.2, 0.25) is 5.91 Å². The topological polar surface area (TPSA) is 91.4 Å². The predicted molar refractivity (Wildman–Crippen MR) is 100 cm³/mol. The Morgan fingerprint density at radius 3 is 2.07 bits per heavy atom. The van der Waals surface area contributed by atoms with E-state index in [1.807, 2.05) is 0 Å². The van der Waals surface area contributed by atoms with Crippen molar-refractivity contribution in [2.24, 2.45) is 5.92 Å². The van der Waals surface area contributed by atoms with Crippen LogP contribution in [-0.4, -0.2) is 107 Å². The van der Waals surface area contributed by atoms with E-state index in [4.69, 9.17) is 9.47 Å². The fourth-order valence-corrected chi connectivity index (χ4v) is 5.38. The molecule has 0 spiro atoms. The van der Waals surface area contributed by atoms with Crippen molar-refractivity contribution in [1.82, 2.24) is 18.8 Å². The maximum atomic E-state index is 12.7. The van der Waals surface area contributed by atoms with Crippen molar-refractivity contribution >= 4 is 16.1 Å². The Morgan fingerprint density at radius 2 is 1.44 bits per heavy atom. The molecule has 3 aliphatic rings. The highest BCUT2D eigenvalue weighted by atomic mass is 32.2. The van der Waals surface area contributed by atoms with E-state index in [-0.39, 0.29) is 11.8 Å². The smallest absolute Gasteiger partial charge is 0.282 e. The lowest BCUT2D eigenvalue weighted by molar-refractivity contribution is -0.126. The van der Waals surface area contributed by atoms with Crippen LogP contribution in [0.15, 0.2) is 0 Å². The van der Waals surface area contributed by atoms with Gasteiger partial charge < -0.3 is 14.8 Å². The highest BCUT2D eigenvalue weighted by molar-refractivity contribution is 7.86. The first-order valence-electron chi connectivity index (χ1n) is 9.98. The van der Waals surface area contributed by atoms with Gasteiger partial charge in [0.25, 0.3) is 10.2 Å². The van der Waals surface area contributed by atoms with Gasteiger partial charge in [-0.25, -0.2) is 0 Å². The number of rotatable bonds is 7. The number of hydrogen-bond donors (Lipinski definition) is 1. The average molecular weight is 405 g/mol. The molecule has 0 aliphatic carbocycles. The quantitative estimate of drug-likeness (QED) is 0.554. The van der Waals surface area contributed by atoms with Gasteiger partial charge in [0, 0.05) is 51.7 Å². The second-order valence-corrected chi connectivity index (χ2v) is 9.22. The van der Waals surface area contributed by atoms with E-state index in [2.05, 4.69) is 10.2 Å². The minimum Gasteiger partial charge on any atom is -0.379 e. The fraction of sp³-hybridized carbons (Fsp3) is 0.941. The minimum atomic E-state index is -3.43. The summed E-state index contributed by atoms with van der Waals surface area (Å²) in [5, 5.41) is 3.02. The molecule has 3 heterocycles. The molecule has 9 nitrogen and oxygen atoms in total. The normalized spacial score (nSPS) is 24.7. The molecule has 10 heteroatoms. The SMILES string of the molecule is O=C(NCCCN1CCOCC1)C1CCN(S(=O)(=O)N2CCOCC2)CC1. The number of nitrogens with one attached hydrogen (secondary N) is 1. The van der Waals surface area contributed by atoms with Crippen LogP contribution in [0.4, 0.5) is 0 Å². The van der Waals surface area contributed by atoms with Crippen molar-refractivity contribution in [2.45, 2.75) is 19.3 Å². The van der Waals surface area contributed by atoms with Crippen molar-refractivity contribution in [3.63, 3.8) is 0 Å². The molecule has 0 unspecified atom stereocenters. The zero-order chi connectivity index (χ0) is 19.1. The van der Waals surface area contributed by atoms with Crippen LogP contribution in [0.3, 0.4) is 0 Å². The summed E-state index contributed by atoms with van der Waals surface area (Å²) >= 11 is 0. The van der Waals surface area contributed by atoms with Crippen LogP contribution in [-0.2, 0) is 24.5 Å². The maximum Gasteiger partial charge on any atom is 0.282 e. The van der Waals surface area contributed by atoms with Crippen LogP contribution in [0.2, 0.25) is 0 Å². The molecule has 0 bridgehead atoms. The summed E-state index contributed by atoms with van der Waals surface area (Å²) in [5.74, 6) is -0.0371. The van der Waals surface area contributed by atoms with Gasteiger partial charge in [-0.05, 0) is 25.8 Å². The molecule has 1 amide bonds. The molecule has 0 radical (unpaired) electrons. The van der Waals surface area contributed by atoms with Crippen LogP contribution in [0.1, 0.15) is 19.3 Å². The summed E-state index contributed by atoms with van der Waals surface area (Å²) < 4.78 is 38.9. The van der Waals surface area contributed by atoms with E-state index in [0.29, 0.717) is 58.8 Å². The molecule has 3 aliphatic heterocycles. The van der Waals surface area contributed by atoms with Gasteiger partial charge in [-0.2, -0.15) is 17.0 Å². The number of piperidine rings is 1. The number of morpholine rings is 2. The van der Waals surface area contributed by atoms with Crippen molar-refractivity contribution in [1.29, 1.82) is 0 Å². The lowest BCUT2D eigenvalue weighted by Gasteiger charge is -2.35. The van der Waals surface area contributed by atoms with Gasteiger partial charge in [-0.15, -0.1) is 0 Å². The molecule has 3 saturated heterocycles. The Morgan fingerprint density at radius 1 is 0.889 bits per heavy atom. The number of carbonyl (C=O) groups excluding carboxylic acids is 1. The Labute approximate surface area is 162 Å². The zero-order valence-electron chi connectivity index (χ0n) is 16.0. The van der Waals surface area contributed by atoms with E-state index in [1.54, 1.807) is 0 Å². The average Bonchev–Trinajstić information content (AvgIpc) is 2.72. The molecule has 0 saturated carbocycles. The second-order valence-electron chi connectivity index (χ2n) is 7.29. The Kier molecular flexibility index (Phi) is 7.86. The number of ether oxygens (including phenoxy) is 2. The fourth-order valence-electron chi connectivity index (χ4n) is 3.77. The van der Waals surface area contributed by atoms with Gasteiger partial charge in [0.15, 0.2) is 0 Å². The van der Waals surface area contributed by atoms with Crippen LogP contribution < -0.4 is 5.32 Å². The number of hydrogen-bond acceptors (Lipinski definition) is 6. The monoisotopic (exact) mass is 404 g/mol. The molecule has 0 aromatic rings. The van der Waals surface area contributed by atoms with Crippen LogP contribution >= 0.6 is 0 Å². The van der Waals surface area contributed by atoms with Crippen molar-refractivity contribution in [3.8, 4) is 0 Å². The number of nitrogens with zero attached hydrogens (tertiary/aromatic N) is 3. The first kappa shape index (κ1) is 20.9. The molecule has 0 aromatic carbocycles. The largest absolute Gasteiger partial charge is 0.379 e. The maximum absolute atomic E-state index is 12.7. The van der Waals surface area contributed by atoms with E-state index in [9.17, 15) is 13.2 Å². The molecule has 0 atom stereocenters. The third kappa shape index (κ3) is 5.85. The Balaban J connectivity index is 1.35. The Hall–Kier alpha value is -0.780. The summed E-state index contributed by atoms with van der Waals surface area (Å²) in [7, 11) is -3.43. The van der Waals surface area contributed by atoms with E-state index in [1.165, 1.54) is 8.61 Å². The molecule has 0 aromatic heterocycles. The lowest BCUT2D eigenvalue weighted by atomic mass is 9.97. The first-order valence-corrected chi connectivity index (χ1v) is 11.4. The lowest BCUT2D eigenvalue weighted by Crippen LogP contribution is -2.51. The summed E-state index contributed by atoms with van der Waals surface area (Å²) in [4.78, 5) is 14.7. The Bertz CT molecular complexity index is 568. The molecular formula is C17H32N4O5S. The molecule has 3 fully saturated rings. The standard InChI is InChI=1S/C17H32N4O5S/c22-17(18-4-1-5-19-8-12-25-13-9-19)16-2-6-20(7-3-16)27(23,24)21-10-14-26-15-11-21/h16H,1-15H2,(H,18,22). The first-order chi connectivity index (χ1) is 13.1. The van der Waals surface area contributed by atoms with Gasteiger partial charge in [0.1, 0.15) is 0 Å². The van der Waals surface area contributed by atoms with Crippen LogP contribution in [0, 0.1) is 5.92 Å². The summed E-state index contributed by atoms with van der Waals surface area (Å²) in [5.41, 5.74) is 0. The van der Waals surface area contributed by atoms with Gasteiger partial charge in [0.05, 0.1) is 26.4 Å². The molecule has 27 heavy (non-hydrogen) atoms. The highest BCUT2D eigenvalue weighted by Crippen LogP contribution is 2.22. The molecule has 3 rings (SSSR count). The van der Waals surface area contributed by atoms with Gasteiger partial charge in [-0.1, -0.05) is 0 Å². The van der Waals surface area contributed by atoms with E-state index < -0.39 is 10.2 Å². The summed E-state index contributed by atoms with van der Waals surface area (Å²) in [6.45, 7) is 7.67. The molecule has 1 N–H and O–H groups in total. The van der Waals surface area contributed by atoms with Crippen molar-refractivity contribution in [3.05, 3.63) is 0 Å².